The summed E-state index contributed by atoms with van der Waals surface area (Å²) in [6.45, 7) is 4.73. The summed E-state index contributed by atoms with van der Waals surface area (Å²) in [6.07, 6.45) is 76.8. The van der Waals surface area contributed by atoms with Gasteiger partial charge in [0.1, 0.15) is 19.3 Å². The van der Waals surface area contributed by atoms with Gasteiger partial charge in [0.25, 0.3) is 0 Å². The topological polar surface area (TPSA) is 237 Å². The largest absolute Gasteiger partial charge is 0.472 e. The van der Waals surface area contributed by atoms with E-state index in [-0.39, 0.29) is 25.7 Å². The van der Waals surface area contributed by atoms with Gasteiger partial charge in [-0.25, -0.2) is 9.13 Å². The van der Waals surface area contributed by atoms with Crippen LogP contribution in [0.5, 0.6) is 0 Å². The molecule has 0 amide bonds. The third-order valence-corrected chi connectivity index (χ3v) is 18.4. The molecule has 5 atom stereocenters. The van der Waals surface area contributed by atoms with E-state index in [0.29, 0.717) is 32.1 Å². The quantitative estimate of drug-likeness (QED) is 0.0169. The van der Waals surface area contributed by atoms with Gasteiger partial charge in [-0.2, -0.15) is 0 Å². The minimum atomic E-state index is -4.99. The summed E-state index contributed by atoms with van der Waals surface area (Å²) in [7, 11) is -9.97. The van der Waals surface area contributed by atoms with Crippen molar-refractivity contribution in [3.05, 3.63) is 97.2 Å². The van der Waals surface area contributed by atoms with Gasteiger partial charge in [-0.1, -0.05) is 260 Å². The van der Waals surface area contributed by atoms with Gasteiger partial charge in [0.2, 0.25) is 0 Å². The zero-order valence-electron chi connectivity index (χ0n) is 63.1. The average molecular weight is 1450 g/mol. The highest BCUT2D eigenvalue weighted by Crippen LogP contribution is 2.45. The molecule has 17 nitrogen and oxygen atoms in total. The zero-order valence-corrected chi connectivity index (χ0v) is 64.9. The number of ether oxygens (including phenoxy) is 4. The van der Waals surface area contributed by atoms with Crippen molar-refractivity contribution in [2.75, 3.05) is 39.6 Å². The lowest BCUT2D eigenvalue weighted by atomic mass is 10.1. The van der Waals surface area contributed by atoms with E-state index in [1.807, 2.05) is 12.2 Å². The van der Waals surface area contributed by atoms with Crippen molar-refractivity contribution < 1.29 is 80.2 Å². The predicted molar refractivity (Wildman–Crippen MR) is 409 cm³/mol. The van der Waals surface area contributed by atoms with Crippen LogP contribution in [0.4, 0.5) is 0 Å². The molecule has 2 unspecified atom stereocenters. The molecule has 0 aliphatic heterocycles. The summed E-state index contributed by atoms with van der Waals surface area (Å²) in [6, 6.07) is 0. The van der Waals surface area contributed by atoms with E-state index in [4.69, 9.17) is 37.0 Å². The van der Waals surface area contributed by atoms with Crippen LogP contribution in [-0.4, -0.2) is 96.7 Å². The minimum Gasteiger partial charge on any atom is -0.462 e. The first-order valence-electron chi connectivity index (χ1n) is 39.5. The van der Waals surface area contributed by atoms with E-state index in [0.717, 1.165) is 148 Å². The molecule has 0 aromatic heterocycles. The van der Waals surface area contributed by atoms with Gasteiger partial charge in [0.15, 0.2) is 12.2 Å². The second-order valence-electron chi connectivity index (χ2n) is 26.3. The van der Waals surface area contributed by atoms with E-state index in [2.05, 4.69) is 113 Å². The highest BCUT2D eigenvalue weighted by molar-refractivity contribution is 7.47. The normalized spacial score (nSPS) is 14.4. The van der Waals surface area contributed by atoms with E-state index in [1.165, 1.54) is 103 Å². The summed E-state index contributed by atoms with van der Waals surface area (Å²) in [5.74, 6) is -2.26. The average Bonchev–Trinajstić information content (AvgIpc) is 0.962. The highest BCUT2D eigenvalue weighted by Gasteiger charge is 2.30. The maximum absolute atomic E-state index is 13.1. The van der Waals surface area contributed by atoms with Crippen LogP contribution in [0.2, 0.25) is 0 Å². The number of aliphatic hydroxyl groups is 1. The fourth-order valence-corrected chi connectivity index (χ4v) is 12.0. The lowest BCUT2D eigenvalue weighted by Crippen LogP contribution is -2.30. The number of hydrogen-bond donors (Lipinski definition) is 3. The molecule has 578 valence electrons. The van der Waals surface area contributed by atoms with Gasteiger partial charge in [0.05, 0.1) is 26.4 Å². The molecule has 0 saturated carbocycles. The Balaban J connectivity index is 5.41. The van der Waals surface area contributed by atoms with E-state index in [1.54, 1.807) is 0 Å². The highest BCUT2D eigenvalue weighted by atomic mass is 31.2. The zero-order chi connectivity index (χ0) is 73.2. The Morgan fingerprint density at radius 3 is 0.830 bits per heavy atom. The Morgan fingerprint density at radius 2 is 0.500 bits per heavy atom. The Kier molecular flexibility index (Phi) is 70.4. The van der Waals surface area contributed by atoms with Crippen LogP contribution < -0.4 is 0 Å². The summed E-state index contributed by atoms with van der Waals surface area (Å²) >= 11 is 0. The van der Waals surface area contributed by atoms with Gasteiger partial charge in [-0.3, -0.25) is 37.3 Å². The van der Waals surface area contributed by atoms with Crippen LogP contribution in [0, 0.1) is 0 Å². The molecule has 0 spiro atoms. The summed E-state index contributed by atoms with van der Waals surface area (Å²) in [5.41, 5.74) is 0. The van der Waals surface area contributed by atoms with Crippen molar-refractivity contribution in [2.24, 2.45) is 0 Å². The van der Waals surface area contributed by atoms with E-state index in [9.17, 15) is 43.2 Å². The monoisotopic (exact) mass is 1450 g/mol. The SMILES string of the molecule is CCCCC/C=C\C/C=C\C/C=C\C/C=C\CCCC(=O)O[C@H](COC(=O)CCCCCCC/C=C\CCCCCCCC)COP(=O)(O)OC[C@H](O)COP(=O)(O)OC[C@@H](COC(=O)CCCCCCC/C=C\C/C=C\CCCCC)OC(=O)CCCCCCC/C=C\CCCCCC. The first-order valence-corrected chi connectivity index (χ1v) is 42.5. The molecule has 0 bridgehead atoms. The second kappa shape index (κ2) is 73.3. The Morgan fingerprint density at radius 1 is 0.280 bits per heavy atom. The van der Waals surface area contributed by atoms with Crippen LogP contribution in [0.1, 0.15) is 336 Å². The van der Waals surface area contributed by atoms with Crippen molar-refractivity contribution >= 4 is 39.5 Å². The maximum Gasteiger partial charge on any atom is 0.472 e. The maximum atomic E-state index is 13.1. The van der Waals surface area contributed by atoms with E-state index >= 15 is 0 Å². The first kappa shape index (κ1) is 96.0. The fourth-order valence-electron chi connectivity index (χ4n) is 10.4. The minimum absolute atomic E-state index is 0.0177. The van der Waals surface area contributed by atoms with Gasteiger partial charge >= 0.3 is 39.5 Å². The fraction of sp³-hybridized carbons (Fsp3) is 0.753. The molecule has 0 heterocycles. The van der Waals surface area contributed by atoms with Gasteiger partial charge in [-0.05, 0) is 148 Å². The third-order valence-electron chi connectivity index (χ3n) is 16.5. The number of aliphatic hydroxyl groups excluding tert-OH is 1. The standard InChI is InChI=1S/C81H142O17P2/c1-5-9-13-17-21-25-29-33-36-37-40-44-48-52-56-60-64-68-81(86)98-77(72-92-79(84)66-62-58-54-50-46-43-39-35-31-27-23-19-15-11-7-3)74-96-100(89,90)94-70-75(82)69-93-99(87,88)95-73-76(97-80(85)67-63-59-55-51-47-41-32-28-24-20-16-12-8-4)71-91-78(83)65-61-57-53-49-45-42-38-34-30-26-22-18-14-10-6-2/h21-22,25-26,28,32-36,38-40,44,52,56,75-77,82H,5-20,23-24,27,29-31,37,41-43,45-51,53-55,57-74H2,1-4H3,(H,87,88)(H,89,90)/b25-21-,26-22-,32-28-,36-33-,38-34-,39-35-,44-40-,56-52-/t75-,76-,77-/m1/s1. The van der Waals surface area contributed by atoms with Crippen LogP contribution >= 0.6 is 15.6 Å². The molecule has 0 saturated heterocycles. The summed E-state index contributed by atoms with van der Waals surface area (Å²) < 4.78 is 68.5. The number of phosphoric acid groups is 2. The number of phosphoric ester groups is 2. The van der Waals surface area contributed by atoms with Crippen molar-refractivity contribution in [2.45, 2.75) is 354 Å². The van der Waals surface area contributed by atoms with Crippen LogP contribution in [0.25, 0.3) is 0 Å². The molecule has 100 heavy (non-hydrogen) atoms. The number of unbranched alkanes of at least 4 members (excludes halogenated alkanes) is 32. The number of rotatable bonds is 74. The Hall–Kier alpha value is -4.02. The molecule has 19 heteroatoms. The Bertz CT molecular complexity index is 2270. The van der Waals surface area contributed by atoms with Crippen LogP contribution in [0.3, 0.4) is 0 Å². The summed E-state index contributed by atoms with van der Waals surface area (Å²) in [5, 5.41) is 10.6. The molecule has 0 aromatic carbocycles. The lowest BCUT2D eigenvalue weighted by Gasteiger charge is -2.21. The van der Waals surface area contributed by atoms with Crippen LogP contribution in [0.15, 0.2) is 97.2 Å². The number of hydrogen-bond acceptors (Lipinski definition) is 15. The number of carbonyl (C=O) groups excluding carboxylic acids is 4. The molecular formula is C81H142O17P2. The predicted octanol–water partition coefficient (Wildman–Crippen LogP) is 22.8. The number of esters is 4. The molecule has 0 aromatic rings. The van der Waals surface area contributed by atoms with Crippen molar-refractivity contribution in [3.8, 4) is 0 Å². The number of allylic oxidation sites excluding steroid dienone is 16. The van der Waals surface area contributed by atoms with Crippen LogP contribution in [-0.2, 0) is 65.4 Å². The second-order valence-corrected chi connectivity index (χ2v) is 29.2. The first-order chi connectivity index (χ1) is 48.7. The van der Waals surface area contributed by atoms with Gasteiger partial charge in [0, 0.05) is 25.7 Å². The van der Waals surface area contributed by atoms with Crippen molar-refractivity contribution in [3.63, 3.8) is 0 Å². The Labute approximate surface area is 607 Å². The molecule has 0 rings (SSSR count). The molecule has 0 aliphatic carbocycles. The molecule has 0 radical (unpaired) electrons. The van der Waals surface area contributed by atoms with Crippen molar-refractivity contribution in [1.82, 2.24) is 0 Å². The third kappa shape index (κ3) is 72.3. The summed E-state index contributed by atoms with van der Waals surface area (Å²) in [4.78, 5) is 72.9. The molecular weight excluding hydrogens is 1310 g/mol. The van der Waals surface area contributed by atoms with Gasteiger partial charge < -0.3 is 33.8 Å². The molecule has 0 fully saturated rings. The smallest absolute Gasteiger partial charge is 0.462 e. The molecule has 3 N–H and O–H groups in total. The van der Waals surface area contributed by atoms with Crippen molar-refractivity contribution in [1.29, 1.82) is 0 Å². The van der Waals surface area contributed by atoms with E-state index < -0.39 is 97.5 Å². The lowest BCUT2D eigenvalue weighted by molar-refractivity contribution is -0.161. The molecule has 0 aliphatic rings. The number of carbonyl (C=O) groups is 4. The van der Waals surface area contributed by atoms with Gasteiger partial charge in [-0.15, -0.1) is 0 Å².